The molecule has 0 spiro atoms. The second kappa shape index (κ2) is 21.9. The maximum absolute atomic E-state index is 14.1. The van der Waals surface area contributed by atoms with Gasteiger partial charge in [-0.1, -0.05) is 24.3 Å². The average Bonchev–Trinajstić information content (AvgIpc) is 3.99. The molecule has 19 heteroatoms. The molecule has 4 N–H and O–H groups in total. The van der Waals surface area contributed by atoms with Crippen LogP contribution in [0, 0.1) is 0 Å². The third-order valence-corrected chi connectivity index (χ3v) is 11.7. The third-order valence-electron chi connectivity index (χ3n) is 11.7. The van der Waals surface area contributed by atoms with Crippen molar-refractivity contribution in [2.24, 2.45) is 7.05 Å². The van der Waals surface area contributed by atoms with Crippen LogP contribution in [-0.2, 0) is 23.1 Å². The molecule has 4 amide bonds. The van der Waals surface area contributed by atoms with E-state index in [1.807, 2.05) is 0 Å². The first-order valence-electron chi connectivity index (χ1n) is 22.5. The minimum Gasteiger partial charge on any atom is -0.493 e. The molecule has 19 nitrogen and oxygen atoms in total. The summed E-state index contributed by atoms with van der Waals surface area (Å²) in [5, 5.41) is 25.4. The highest BCUT2D eigenvalue weighted by Gasteiger charge is 2.36. The van der Waals surface area contributed by atoms with Crippen molar-refractivity contribution in [2.75, 3.05) is 64.4 Å². The number of hydrogen-bond donors (Lipinski definition) is 4. The zero-order valence-corrected chi connectivity index (χ0v) is 40.2. The highest BCUT2D eigenvalue weighted by Crippen LogP contribution is 2.38. The van der Waals surface area contributed by atoms with Crippen molar-refractivity contribution in [1.29, 1.82) is 0 Å². The second-order valence-corrected chi connectivity index (χ2v) is 18.1. The van der Waals surface area contributed by atoms with Crippen molar-refractivity contribution in [3.63, 3.8) is 0 Å². The standard InChI is InChI=1S/C50H61N5O14/c1-28-15-32(25-56)54(22-28)46(60)34-18-39(64-8)41(20-36(34)51-48(62)68-27-31-24-53(7)44-38(58)17-30(3)45(59)43(31)44)66-13-11-10-12-14-67-42-21-37(52-49(63)69-50(4,5)6)35(19-40(42)65-9)47(61)55-23-29(2)16-33(55)26-57/h17-21,24,32-33,56-57H,1-2,10-16,22-23,25-27H2,3-9H3,(H,51,62)(H,52,63)/t32-,33-/m0/s1. The van der Waals surface area contributed by atoms with Crippen molar-refractivity contribution < 1.29 is 67.4 Å². The Kier molecular flexibility index (Phi) is 16.3. The number of ketones is 2. The summed E-state index contributed by atoms with van der Waals surface area (Å²) in [6, 6.07) is 4.87. The Hall–Kier alpha value is -7.12. The van der Waals surface area contributed by atoms with Crippen LogP contribution in [0.2, 0.25) is 0 Å². The van der Waals surface area contributed by atoms with E-state index in [1.54, 1.807) is 40.9 Å². The molecule has 3 aliphatic rings. The summed E-state index contributed by atoms with van der Waals surface area (Å²) >= 11 is 0. The Morgan fingerprint density at radius 1 is 0.754 bits per heavy atom. The molecule has 3 heterocycles. The van der Waals surface area contributed by atoms with Crippen LogP contribution >= 0.6 is 0 Å². The quantitative estimate of drug-likeness (QED) is 0.0776. The van der Waals surface area contributed by atoms with E-state index in [1.165, 1.54) is 58.9 Å². The first-order valence-corrected chi connectivity index (χ1v) is 22.5. The molecule has 1 aliphatic carbocycles. The number of benzene rings is 2. The number of aliphatic hydroxyl groups excluding tert-OH is 2. The molecule has 2 atom stereocenters. The molecule has 6 rings (SSSR count). The number of allylic oxidation sites excluding steroid dienone is 2. The summed E-state index contributed by atoms with van der Waals surface area (Å²) in [5.41, 5.74) is 2.00. The maximum Gasteiger partial charge on any atom is 0.412 e. The van der Waals surface area contributed by atoms with Gasteiger partial charge in [-0.15, -0.1) is 0 Å². The molecule has 370 valence electrons. The van der Waals surface area contributed by atoms with Crippen molar-refractivity contribution >= 4 is 46.9 Å². The van der Waals surface area contributed by atoms with E-state index in [4.69, 9.17) is 28.4 Å². The van der Waals surface area contributed by atoms with Gasteiger partial charge in [0, 0.05) is 49.6 Å². The van der Waals surface area contributed by atoms with Crippen LogP contribution in [0.25, 0.3) is 0 Å². The number of carbonyl (C=O) groups excluding carboxylic acids is 6. The number of hydrogen-bond acceptors (Lipinski definition) is 14. The molecule has 69 heavy (non-hydrogen) atoms. The summed E-state index contributed by atoms with van der Waals surface area (Å²) in [4.78, 5) is 83.0. The molecule has 3 aromatic rings. The van der Waals surface area contributed by atoms with E-state index in [0.29, 0.717) is 37.7 Å². The molecule has 2 fully saturated rings. The highest BCUT2D eigenvalue weighted by atomic mass is 16.6. The van der Waals surface area contributed by atoms with Gasteiger partial charge < -0.3 is 53.0 Å². The topological polar surface area (TPSA) is 234 Å². The molecule has 2 saturated heterocycles. The van der Waals surface area contributed by atoms with E-state index in [0.717, 1.165) is 11.1 Å². The molecular weight excluding hydrogens is 895 g/mol. The number of unbranched alkanes of at least 4 members (excludes halogenated alkanes) is 2. The molecule has 0 bridgehead atoms. The fraction of sp³-hybridized carbons (Fsp3) is 0.440. The van der Waals surface area contributed by atoms with Gasteiger partial charge in [0.2, 0.25) is 5.78 Å². The van der Waals surface area contributed by atoms with Crippen LogP contribution in [0.5, 0.6) is 23.0 Å². The normalized spacial score (nSPS) is 16.8. The van der Waals surface area contributed by atoms with Gasteiger partial charge in [0.25, 0.3) is 11.8 Å². The van der Waals surface area contributed by atoms with Gasteiger partial charge in [-0.3, -0.25) is 29.8 Å². The monoisotopic (exact) mass is 955 g/mol. The summed E-state index contributed by atoms with van der Waals surface area (Å²) in [7, 11) is 4.46. The molecule has 2 aromatic carbocycles. The van der Waals surface area contributed by atoms with Gasteiger partial charge in [0.15, 0.2) is 28.8 Å². The SMILES string of the molecule is C=C1C[C@@H](CO)N(C(=O)c2cc(OC)c(OCCCCCOc3cc(NC(=O)OC(C)(C)C)c(C(=O)N4CC(=C)C[C@H]4CO)cc3OC)cc2NC(=O)OCc2cn(C)c3c2C(=O)C(C)=CC3=O)C1. The lowest BCUT2D eigenvalue weighted by Gasteiger charge is -2.25. The number of nitrogens with zero attached hydrogens (tertiary/aromatic N) is 3. The lowest BCUT2D eigenvalue weighted by Crippen LogP contribution is -2.38. The van der Waals surface area contributed by atoms with Crippen LogP contribution in [0.3, 0.4) is 0 Å². The molecular formula is C50H61N5O14. The van der Waals surface area contributed by atoms with Crippen LogP contribution in [-0.4, -0.2) is 132 Å². The Morgan fingerprint density at radius 3 is 1.71 bits per heavy atom. The lowest BCUT2D eigenvalue weighted by atomic mass is 9.93. The van der Waals surface area contributed by atoms with E-state index in [2.05, 4.69) is 23.8 Å². The fourth-order valence-corrected chi connectivity index (χ4v) is 8.42. The van der Waals surface area contributed by atoms with Gasteiger partial charge >= 0.3 is 12.2 Å². The van der Waals surface area contributed by atoms with Gasteiger partial charge in [0.05, 0.1) is 80.8 Å². The second-order valence-electron chi connectivity index (χ2n) is 18.1. The summed E-state index contributed by atoms with van der Waals surface area (Å²) in [6.45, 7) is 14.6. The number of aryl methyl sites for hydroxylation is 1. The van der Waals surface area contributed by atoms with E-state index in [9.17, 15) is 39.0 Å². The summed E-state index contributed by atoms with van der Waals surface area (Å²) in [5.74, 6) is -0.703. The van der Waals surface area contributed by atoms with Crippen molar-refractivity contribution in [1.82, 2.24) is 14.4 Å². The van der Waals surface area contributed by atoms with Crippen LogP contribution in [0.15, 0.2) is 66.4 Å². The van der Waals surface area contributed by atoms with Crippen molar-refractivity contribution in [2.45, 2.75) is 84.1 Å². The summed E-state index contributed by atoms with van der Waals surface area (Å²) in [6.07, 6.45) is 3.65. The molecule has 2 aliphatic heterocycles. The van der Waals surface area contributed by atoms with Crippen molar-refractivity contribution in [3.05, 3.63) is 94.4 Å². The summed E-state index contributed by atoms with van der Waals surface area (Å²) < 4.78 is 36.0. The van der Waals surface area contributed by atoms with Crippen LogP contribution in [0.1, 0.15) is 107 Å². The number of methoxy groups -OCH3 is 2. The number of carbonyl (C=O) groups is 6. The Balaban J connectivity index is 1.13. The van der Waals surface area contributed by atoms with Gasteiger partial charge in [-0.2, -0.15) is 0 Å². The predicted octanol–water partition coefficient (Wildman–Crippen LogP) is 6.62. The molecule has 0 unspecified atom stereocenters. The number of ether oxygens (including phenoxy) is 6. The number of nitrogens with one attached hydrogen (secondary N) is 2. The Bertz CT molecular complexity index is 2570. The molecule has 0 saturated carbocycles. The van der Waals surface area contributed by atoms with Gasteiger partial charge in [-0.05, 0) is 78.0 Å². The zero-order chi connectivity index (χ0) is 50.3. The Morgan fingerprint density at radius 2 is 1.25 bits per heavy atom. The molecule has 1 aromatic heterocycles. The first-order chi connectivity index (χ1) is 32.8. The number of fused-ring (bicyclic) bond motifs is 1. The fourth-order valence-electron chi connectivity index (χ4n) is 8.42. The average molecular weight is 956 g/mol. The number of amides is 4. The number of aromatic nitrogens is 1. The van der Waals surface area contributed by atoms with Crippen molar-refractivity contribution in [3.8, 4) is 23.0 Å². The first kappa shape index (κ1) is 51.3. The van der Waals surface area contributed by atoms with Gasteiger partial charge in [-0.25, -0.2) is 9.59 Å². The highest BCUT2D eigenvalue weighted by molar-refractivity contribution is 6.24. The predicted molar refractivity (Wildman–Crippen MR) is 254 cm³/mol. The van der Waals surface area contributed by atoms with Crippen LogP contribution < -0.4 is 29.6 Å². The van der Waals surface area contributed by atoms with E-state index < -0.39 is 41.7 Å². The van der Waals surface area contributed by atoms with E-state index in [-0.39, 0.29) is 120 Å². The number of aliphatic hydroxyl groups is 2. The molecule has 0 radical (unpaired) electrons. The largest absolute Gasteiger partial charge is 0.493 e. The maximum atomic E-state index is 14.1. The smallest absolute Gasteiger partial charge is 0.412 e. The number of likely N-dealkylation sites (tertiary alicyclic amines) is 2. The minimum atomic E-state index is -0.956. The minimum absolute atomic E-state index is 0.0322. The number of Topliss-reactive ketones (excluding diaryl/α,β-unsaturated/α-hetero) is 1. The third kappa shape index (κ3) is 12.0. The number of rotatable bonds is 18. The van der Waals surface area contributed by atoms with Gasteiger partial charge in [0.1, 0.15) is 17.9 Å². The lowest BCUT2D eigenvalue weighted by molar-refractivity contribution is 0.0633. The van der Waals surface area contributed by atoms with E-state index >= 15 is 0 Å². The Labute approximate surface area is 400 Å². The van der Waals surface area contributed by atoms with Crippen LogP contribution in [0.4, 0.5) is 21.0 Å². The number of anilines is 2. The zero-order valence-electron chi connectivity index (χ0n) is 40.2.